The number of Topliss-reactive ketones (excluding diaryl/α,β-unsaturated/α-hetero) is 1. The zero-order valence-corrected chi connectivity index (χ0v) is 9.84. The molecule has 0 aliphatic carbocycles. The molecule has 0 spiro atoms. The van der Waals surface area contributed by atoms with Crippen LogP contribution in [0.1, 0.15) is 29.8 Å². The van der Waals surface area contributed by atoms with Gasteiger partial charge in [-0.1, -0.05) is 6.08 Å². The monoisotopic (exact) mass is 256 g/mol. The van der Waals surface area contributed by atoms with Gasteiger partial charge < -0.3 is 4.74 Å². The molecule has 1 aromatic carbocycles. The van der Waals surface area contributed by atoms with Crippen LogP contribution in [0.25, 0.3) is 6.08 Å². The van der Waals surface area contributed by atoms with Crippen molar-refractivity contribution in [3.63, 3.8) is 0 Å². The van der Waals surface area contributed by atoms with Gasteiger partial charge in [0.25, 0.3) is 5.78 Å². The van der Waals surface area contributed by atoms with Gasteiger partial charge in [0.15, 0.2) is 0 Å². The lowest BCUT2D eigenvalue weighted by atomic mass is 9.99. The fourth-order valence-electron chi connectivity index (χ4n) is 1.68. The van der Waals surface area contributed by atoms with E-state index in [1.165, 1.54) is 12.1 Å². The van der Waals surface area contributed by atoms with Gasteiger partial charge in [-0.05, 0) is 38.1 Å². The van der Waals surface area contributed by atoms with Crippen molar-refractivity contribution in [3.8, 4) is 5.75 Å². The summed E-state index contributed by atoms with van der Waals surface area (Å²) in [6, 6.07) is 3.71. The highest BCUT2D eigenvalue weighted by Crippen LogP contribution is 2.32. The number of fused-ring (bicyclic) bond motifs is 1. The second-order valence-corrected chi connectivity index (χ2v) is 4.62. The molecule has 96 valence electrons. The molecule has 5 heteroatoms. The number of benzene rings is 1. The van der Waals surface area contributed by atoms with E-state index in [1.54, 1.807) is 12.2 Å². The van der Waals surface area contributed by atoms with Crippen LogP contribution in [0.2, 0.25) is 0 Å². The number of hydrogen-bond acceptors (Lipinski definition) is 2. The van der Waals surface area contributed by atoms with Crippen LogP contribution in [0, 0.1) is 0 Å². The number of ether oxygens (including phenoxy) is 1. The van der Waals surface area contributed by atoms with Crippen molar-refractivity contribution in [1.29, 1.82) is 0 Å². The summed E-state index contributed by atoms with van der Waals surface area (Å²) in [5.41, 5.74) is -0.402. The fraction of sp³-hybridized carbons (Fsp3) is 0.308. The Morgan fingerprint density at radius 2 is 1.94 bits per heavy atom. The van der Waals surface area contributed by atoms with Crippen molar-refractivity contribution in [2.45, 2.75) is 25.6 Å². The van der Waals surface area contributed by atoms with E-state index in [4.69, 9.17) is 4.74 Å². The Bertz CT molecular complexity index is 528. The minimum Gasteiger partial charge on any atom is -0.483 e. The molecule has 0 aromatic heterocycles. The van der Waals surface area contributed by atoms with Gasteiger partial charge in [-0.25, -0.2) is 0 Å². The van der Waals surface area contributed by atoms with Crippen molar-refractivity contribution < 1.29 is 22.7 Å². The summed E-state index contributed by atoms with van der Waals surface area (Å²) in [4.78, 5) is 11.1. The second kappa shape index (κ2) is 3.86. The molecule has 0 atom stereocenters. The molecule has 1 aromatic rings. The second-order valence-electron chi connectivity index (χ2n) is 4.62. The minimum atomic E-state index is -4.85. The lowest BCUT2D eigenvalue weighted by Gasteiger charge is -2.28. The molecule has 0 N–H and O–H groups in total. The molecule has 0 bridgehead atoms. The summed E-state index contributed by atoms with van der Waals surface area (Å²) in [6.45, 7) is 3.67. The van der Waals surface area contributed by atoms with Gasteiger partial charge in [0.05, 0.1) is 0 Å². The Labute approximate surface area is 102 Å². The maximum absolute atomic E-state index is 12.3. The van der Waals surface area contributed by atoms with Crippen LogP contribution in [0.3, 0.4) is 0 Å². The highest BCUT2D eigenvalue weighted by molar-refractivity contribution is 6.00. The van der Waals surface area contributed by atoms with Crippen molar-refractivity contribution in [2.24, 2.45) is 0 Å². The maximum atomic E-state index is 12.3. The molecular weight excluding hydrogens is 245 g/mol. The lowest BCUT2D eigenvalue weighted by molar-refractivity contribution is -0.0885. The predicted octanol–water partition coefficient (Wildman–Crippen LogP) is 3.62. The van der Waals surface area contributed by atoms with Gasteiger partial charge >= 0.3 is 6.18 Å². The Kier molecular flexibility index (Phi) is 2.72. The van der Waals surface area contributed by atoms with E-state index in [0.29, 0.717) is 11.3 Å². The normalized spacial score (nSPS) is 16.9. The summed E-state index contributed by atoms with van der Waals surface area (Å²) in [6.07, 6.45) is -1.46. The number of carbonyl (C=O) groups is 1. The van der Waals surface area contributed by atoms with E-state index < -0.39 is 17.6 Å². The van der Waals surface area contributed by atoms with E-state index in [2.05, 4.69) is 0 Å². The average Bonchev–Trinajstić information content (AvgIpc) is 2.25. The van der Waals surface area contributed by atoms with Gasteiger partial charge in [-0.3, -0.25) is 4.79 Å². The number of ketones is 1. The molecule has 1 aliphatic rings. The first-order valence-corrected chi connectivity index (χ1v) is 5.33. The van der Waals surface area contributed by atoms with Crippen LogP contribution in [-0.4, -0.2) is 17.6 Å². The van der Waals surface area contributed by atoms with Crippen molar-refractivity contribution in [1.82, 2.24) is 0 Å². The third kappa shape index (κ3) is 2.39. The molecule has 2 nitrogen and oxygen atoms in total. The quantitative estimate of drug-likeness (QED) is 0.717. The van der Waals surface area contributed by atoms with Crippen molar-refractivity contribution in [3.05, 3.63) is 35.4 Å². The third-order valence-corrected chi connectivity index (χ3v) is 2.57. The zero-order chi connectivity index (χ0) is 13.6. The van der Waals surface area contributed by atoms with Crippen LogP contribution in [-0.2, 0) is 0 Å². The van der Waals surface area contributed by atoms with E-state index in [-0.39, 0.29) is 5.56 Å². The highest BCUT2D eigenvalue weighted by atomic mass is 19.4. The molecule has 1 heterocycles. The maximum Gasteiger partial charge on any atom is 0.454 e. The Balaban J connectivity index is 2.38. The van der Waals surface area contributed by atoms with Crippen LogP contribution in [0.4, 0.5) is 13.2 Å². The summed E-state index contributed by atoms with van der Waals surface area (Å²) in [5, 5.41) is 0. The number of carbonyl (C=O) groups excluding carboxylic acids is 1. The van der Waals surface area contributed by atoms with Crippen LogP contribution in [0.5, 0.6) is 5.75 Å². The first-order valence-electron chi connectivity index (χ1n) is 5.33. The summed E-state index contributed by atoms with van der Waals surface area (Å²) in [5.74, 6) is -1.37. The molecule has 0 unspecified atom stereocenters. The SMILES string of the molecule is CC1(C)C=Cc2cc(C(=O)C(F)(F)F)ccc2O1. The number of hydrogen-bond donors (Lipinski definition) is 0. The molecule has 0 saturated heterocycles. The van der Waals surface area contributed by atoms with Gasteiger partial charge in [-0.2, -0.15) is 13.2 Å². The molecule has 0 amide bonds. The molecule has 0 fully saturated rings. The molecule has 1 aliphatic heterocycles. The topological polar surface area (TPSA) is 26.3 Å². The molecule has 18 heavy (non-hydrogen) atoms. The van der Waals surface area contributed by atoms with Gasteiger partial charge in [0.1, 0.15) is 11.4 Å². The molecule has 0 saturated carbocycles. The molecule has 2 rings (SSSR count). The zero-order valence-electron chi connectivity index (χ0n) is 9.84. The van der Waals surface area contributed by atoms with Gasteiger partial charge in [0, 0.05) is 11.1 Å². The van der Waals surface area contributed by atoms with E-state index >= 15 is 0 Å². The standard InChI is InChI=1S/C13H11F3O2/c1-12(2)6-5-8-7-9(3-4-10(8)18-12)11(17)13(14,15)16/h3-7H,1-2H3. The van der Waals surface area contributed by atoms with Gasteiger partial charge in [0.2, 0.25) is 0 Å². The van der Waals surface area contributed by atoms with Gasteiger partial charge in [-0.15, -0.1) is 0 Å². The highest BCUT2D eigenvalue weighted by Gasteiger charge is 2.39. The lowest BCUT2D eigenvalue weighted by Crippen LogP contribution is -2.28. The van der Waals surface area contributed by atoms with Crippen LogP contribution >= 0.6 is 0 Å². The first kappa shape index (κ1) is 12.7. The minimum absolute atomic E-state index is 0.380. The molecular formula is C13H11F3O2. The smallest absolute Gasteiger partial charge is 0.454 e. The average molecular weight is 256 g/mol. The molecule has 0 radical (unpaired) electrons. The van der Waals surface area contributed by atoms with Crippen LogP contribution < -0.4 is 4.74 Å². The first-order chi connectivity index (χ1) is 8.19. The van der Waals surface area contributed by atoms with E-state index in [1.807, 2.05) is 13.8 Å². The number of rotatable bonds is 1. The summed E-state index contributed by atoms with van der Waals surface area (Å²) >= 11 is 0. The van der Waals surface area contributed by atoms with E-state index in [9.17, 15) is 18.0 Å². The fourth-order valence-corrected chi connectivity index (χ4v) is 1.68. The van der Waals surface area contributed by atoms with Crippen molar-refractivity contribution >= 4 is 11.9 Å². The number of halogens is 3. The van der Waals surface area contributed by atoms with Crippen molar-refractivity contribution in [2.75, 3.05) is 0 Å². The van der Waals surface area contributed by atoms with E-state index in [0.717, 1.165) is 6.07 Å². The summed E-state index contributed by atoms with van der Waals surface area (Å²) < 4.78 is 42.4. The van der Waals surface area contributed by atoms with Crippen LogP contribution in [0.15, 0.2) is 24.3 Å². The Morgan fingerprint density at radius 1 is 1.28 bits per heavy atom. The summed E-state index contributed by atoms with van der Waals surface area (Å²) in [7, 11) is 0. The number of alkyl halides is 3. The predicted molar refractivity (Wildman–Crippen MR) is 60.6 cm³/mol. The largest absolute Gasteiger partial charge is 0.483 e. The third-order valence-electron chi connectivity index (χ3n) is 2.57. The Hall–Kier alpha value is -1.78. The Morgan fingerprint density at radius 3 is 2.56 bits per heavy atom.